The number of hydrogen-bond acceptors (Lipinski definition) is 4. The molecular weight excluding hydrogens is 158 g/mol. The first-order valence-corrected chi connectivity index (χ1v) is 4.05. The molecule has 1 unspecified atom stereocenters. The highest BCUT2D eigenvalue weighted by Crippen LogP contribution is 1.85. The van der Waals surface area contributed by atoms with E-state index in [0.29, 0.717) is 26.1 Å². The van der Waals surface area contributed by atoms with E-state index in [9.17, 15) is 4.79 Å². The Labute approximate surface area is 72.1 Å². The van der Waals surface area contributed by atoms with Crippen LogP contribution in [0, 0.1) is 0 Å². The largest absolute Gasteiger partial charge is 0.481 e. The molecule has 0 saturated carbocycles. The molecule has 0 aliphatic carbocycles. The number of nitrogens with one attached hydrogen (secondary N) is 1. The third kappa shape index (κ3) is 7.46. The quantitative estimate of drug-likeness (QED) is 0.361. The molecule has 12 heavy (non-hydrogen) atoms. The Morgan fingerprint density at radius 2 is 2.25 bits per heavy atom. The number of rotatable bonds is 7. The first-order valence-electron chi connectivity index (χ1n) is 4.05. The summed E-state index contributed by atoms with van der Waals surface area (Å²) in [6.45, 7) is 1.78. The molecule has 0 aliphatic rings. The van der Waals surface area contributed by atoms with Gasteiger partial charge in [-0.2, -0.15) is 0 Å². The van der Waals surface area contributed by atoms with Crippen LogP contribution in [0.25, 0.3) is 0 Å². The molecular formula is C7H17N3O2. The minimum atomic E-state index is -0.764. The van der Waals surface area contributed by atoms with Crippen LogP contribution in [0.5, 0.6) is 0 Å². The number of hydrogen-bond donors (Lipinski definition) is 4. The summed E-state index contributed by atoms with van der Waals surface area (Å²) in [6, 6.07) is -0.0326. The van der Waals surface area contributed by atoms with Crippen molar-refractivity contribution in [1.29, 1.82) is 0 Å². The highest BCUT2D eigenvalue weighted by molar-refractivity contribution is 5.66. The third-order valence-electron chi connectivity index (χ3n) is 1.45. The van der Waals surface area contributed by atoms with Crippen molar-refractivity contribution in [3.8, 4) is 0 Å². The molecule has 5 nitrogen and oxygen atoms in total. The van der Waals surface area contributed by atoms with Gasteiger partial charge in [-0.25, -0.2) is 0 Å². The SMILES string of the molecule is NCC(N)CNCCCC(=O)O. The van der Waals surface area contributed by atoms with E-state index in [0.717, 1.165) is 0 Å². The molecule has 6 N–H and O–H groups in total. The molecule has 0 spiro atoms. The maximum atomic E-state index is 10.1. The van der Waals surface area contributed by atoms with E-state index in [2.05, 4.69) is 5.32 Å². The zero-order valence-corrected chi connectivity index (χ0v) is 7.12. The van der Waals surface area contributed by atoms with Crippen molar-refractivity contribution in [1.82, 2.24) is 5.32 Å². The Bertz CT molecular complexity index is 130. The van der Waals surface area contributed by atoms with Crippen LogP contribution >= 0.6 is 0 Å². The molecule has 0 aliphatic heterocycles. The average Bonchev–Trinajstić information content (AvgIpc) is 2.03. The summed E-state index contributed by atoms with van der Waals surface area (Å²) in [5, 5.41) is 11.3. The standard InChI is InChI=1S/C7H17N3O2/c8-4-6(9)5-10-3-1-2-7(11)12/h6,10H,1-5,8-9H2,(H,11,12). The summed E-state index contributed by atoms with van der Waals surface area (Å²) in [5.41, 5.74) is 10.8. The lowest BCUT2D eigenvalue weighted by molar-refractivity contribution is -0.137. The van der Waals surface area contributed by atoms with Gasteiger partial charge >= 0.3 is 5.97 Å². The van der Waals surface area contributed by atoms with Crippen LogP contribution in [0.15, 0.2) is 0 Å². The Balaban J connectivity index is 3.05. The van der Waals surface area contributed by atoms with E-state index >= 15 is 0 Å². The molecule has 72 valence electrons. The van der Waals surface area contributed by atoms with Crippen LogP contribution in [0.1, 0.15) is 12.8 Å². The van der Waals surface area contributed by atoms with Crippen molar-refractivity contribution in [2.24, 2.45) is 11.5 Å². The van der Waals surface area contributed by atoms with Gasteiger partial charge in [-0.1, -0.05) is 0 Å². The molecule has 1 atom stereocenters. The van der Waals surface area contributed by atoms with E-state index in [1.165, 1.54) is 0 Å². The first-order chi connectivity index (χ1) is 5.66. The van der Waals surface area contributed by atoms with Crippen LogP contribution in [0.4, 0.5) is 0 Å². The number of nitrogens with two attached hydrogens (primary N) is 2. The molecule has 0 radical (unpaired) electrons. The molecule has 0 amide bonds. The lowest BCUT2D eigenvalue weighted by atomic mass is 10.3. The summed E-state index contributed by atoms with van der Waals surface area (Å²) >= 11 is 0. The van der Waals surface area contributed by atoms with E-state index in [1.54, 1.807) is 0 Å². The van der Waals surface area contributed by atoms with Gasteiger partial charge in [0.2, 0.25) is 0 Å². The van der Waals surface area contributed by atoms with Crippen LogP contribution in [-0.2, 0) is 4.79 Å². The van der Waals surface area contributed by atoms with Gasteiger partial charge in [0.05, 0.1) is 0 Å². The van der Waals surface area contributed by atoms with Gasteiger partial charge in [0.1, 0.15) is 0 Å². The highest BCUT2D eigenvalue weighted by Gasteiger charge is 1.98. The molecule has 0 saturated heterocycles. The summed E-state index contributed by atoms with van der Waals surface area (Å²) in [5.74, 6) is -0.764. The molecule has 0 bridgehead atoms. The fraction of sp³-hybridized carbons (Fsp3) is 0.857. The molecule has 0 rings (SSSR count). The van der Waals surface area contributed by atoms with E-state index in [-0.39, 0.29) is 12.5 Å². The van der Waals surface area contributed by atoms with Gasteiger partial charge in [0.25, 0.3) is 0 Å². The molecule has 0 fully saturated rings. The van der Waals surface area contributed by atoms with E-state index in [4.69, 9.17) is 16.6 Å². The van der Waals surface area contributed by atoms with Gasteiger partial charge in [0.15, 0.2) is 0 Å². The van der Waals surface area contributed by atoms with Crippen molar-refractivity contribution in [3.05, 3.63) is 0 Å². The van der Waals surface area contributed by atoms with E-state index in [1.807, 2.05) is 0 Å². The van der Waals surface area contributed by atoms with Crippen molar-refractivity contribution in [2.45, 2.75) is 18.9 Å². The minimum absolute atomic E-state index is 0.0326. The van der Waals surface area contributed by atoms with Gasteiger partial charge < -0.3 is 21.9 Å². The molecule has 0 aromatic heterocycles. The monoisotopic (exact) mass is 175 g/mol. The summed E-state index contributed by atoms with van der Waals surface area (Å²) in [4.78, 5) is 10.1. The Morgan fingerprint density at radius 1 is 1.58 bits per heavy atom. The third-order valence-corrected chi connectivity index (χ3v) is 1.45. The second-order valence-electron chi connectivity index (χ2n) is 2.70. The number of carboxylic acid groups (broad SMARTS) is 1. The van der Waals surface area contributed by atoms with Crippen molar-refractivity contribution >= 4 is 5.97 Å². The zero-order chi connectivity index (χ0) is 9.40. The van der Waals surface area contributed by atoms with Crippen LogP contribution in [-0.4, -0.2) is 36.8 Å². The van der Waals surface area contributed by atoms with Gasteiger partial charge in [0, 0.05) is 25.6 Å². The zero-order valence-electron chi connectivity index (χ0n) is 7.12. The van der Waals surface area contributed by atoms with Gasteiger partial charge in [-0.15, -0.1) is 0 Å². The first kappa shape index (κ1) is 11.4. The number of carbonyl (C=O) groups is 1. The fourth-order valence-electron chi connectivity index (χ4n) is 0.735. The molecule has 0 heterocycles. The van der Waals surface area contributed by atoms with E-state index < -0.39 is 5.97 Å². The van der Waals surface area contributed by atoms with Crippen molar-refractivity contribution in [2.75, 3.05) is 19.6 Å². The molecule has 0 aromatic rings. The lowest BCUT2D eigenvalue weighted by Crippen LogP contribution is -2.39. The van der Waals surface area contributed by atoms with Crippen molar-refractivity contribution < 1.29 is 9.90 Å². The summed E-state index contributed by atoms with van der Waals surface area (Å²) in [6.07, 6.45) is 0.831. The Hall–Kier alpha value is -0.650. The Morgan fingerprint density at radius 3 is 2.75 bits per heavy atom. The topological polar surface area (TPSA) is 101 Å². The maximum absolute atomic E-state index is 10.1. The summed E-state index contributed by atoms with van der Waals surface area (Å²) in [7, 11) is 0. The predicted octanol–water partition coefficient (Wildman–Crippen LogP) is -1.27. The molecule has 0 aromatic carbocycles. The normalized spacial score (nSPS) is 12.8. The second-order valence-corrected chi connectivity index (χ2v) is 2.70. The number of aliphatic carboxylic acids is 1. The number of carboxylic acids is 1. The second kappa shape index (κ2) is 7.02. The molecule has 5 heteroatoms. The van der Waals surface area contributed by atoms with Crippen LogP contribution in [0.2, 0.25) is 0 Å². The fourth-order valence-corrected chi connectivity index (χ4v) is 0.735. The average molecular weight is 175 g/mol. The van der Waals surface area contributed by atoms with Gasteiger partial charge in [-0.3, -0.25) is 4.79 Å². The summed E-state index contributed by atoms with van der Waals surface area (Å²) < 4.78 is 0. The Kier molecular flexibility index (Phi) is 6.64. The predicted molar refractivity (Wildman–Crippen MR) is 46.8 cm³/mol. The lowest BCUT2D eigenvalue weighted by Gasteiger charge is -2.08. The van der Waals surface area contributed by atoms with Crippen LogP contribution < -0.4 is 16.8 Å². The minimum Gasteiger partial charge on any atom is -0.481 e. The van der Waals surface area contributed by atoms with Crippen LogP contribution in [0.3, 0.4) is 0 Å². The highest BCUT2D eigenvalue weighted by atomic mass is 16.4. The maximum Gasteiger partial charge on any atom is 0.303 e. The van der Waals surface area contributed by atoms with Gasteiger partial charge in [-0.05, 0) is 13.0 Å². The van der Waals surface area contributed by atoms with Crippen molar-refractivity contribution in [3.63, 3.8) is 0 Å². The smallest absolute Gasteiger partial charge is 0.303 e.